The molecule has 2 rings (SSSR count). The Labute approximate surface area is 134 Å². The fourth-order valence-corrected chi connectivity index (χ4v) is 3.07. The number of nitrogens with two attached hydrogens (primary N) is 1. The van der Waals surface area contributed by atoms with Crippen LogP contribution in [0.15, 0.2) is 24.3 Å². The number of amides is 1. The summed E-state index contributed by atoms with van der Waals surface area (Å²) in [4.78, 5) is 12.1. The third-order valence-corrected chi connectivity index (χ3v) is 4.44. The first-order chi connectivity index (χ1) is 9.74. The lowest BCUT2D eigenvalue weighted by Gasteiger charge is -2.17. The minimum atomic E-state index is 0. The molecule has 0 heterocycles. The molecule has 0 radical (unpaired) electrons. The van der Waals surface area contributed by atoms with Gasteiger partial charge in [-0.25, -0.2) is 0 Å². The van der Waals surface area contributed by atoms with Crippen LogP contribution in [-0.2, 0) is 17.6 Å². The van der Waals surface area contributed by atoms with E-state index in [9.17, 15) is 4.79 Å². The number of halogens is 1. The Balaban J connectivity index is 0.00000220. The zero-order valence-electron chi connectivity index (χ0n) is 12.8. The molecule has 1 saturated carbocycles. The number of nitrogens with one attached hydrogen (secondary N) is 1. The molecule has 1 aromatic rings. The molecule has 1 aliphatic rings. The van der Waals surface area contributed by atoms with Crippen LogP contribution in [0.5, 0.6) is 0 Å². The fourth-order valence-electron chi connectivity index (χ4n) is 3.07. The summed E-state index contributed by atoms with van der Waals surface area (Å²) in [6.07, 6.45) is 5.21. The monoisotopic (exact) mass is 310 g/mol. The second-order valence-electron chi connectivity index (χ2n) is 5.74. The van der Waals surface area contributed by atoms with Crippen LogP contribution in [0.2, 0.25) is 0 Å². The lowest BCUT2D eigenvalue weighted by molar-refractivity contribution is -0.125. The lowest BCUT2D eigenvalue weighted by Crippen LogP contribution is -2.36. The summed E-state index contributed by atoms with van der Waals surface area (Å²) in [7, 11) is 0. The molecule has 4 heteroatoms. The Morgan fingerprint density at radius 3 is 2.52 bits per heavy atom. The molecule has 0 spiro atoms. The molecule has 3 nitrogen and oxygen atoms in total. The van der Waals surface area contributed by atoms with E-state index in [1.54, 1.807) is 0 Å². The standard InChI is InChI=1S/C17H26N2O.ClH/c1-2-13-6-8-14(9-7-13)10-11-19-17(20)16-5-3-4-15(16)12-18;/h6-9,15-16H,2-5,10-12,18H2,1H3,(H,19,20);1H/t15-,16-;/m1./s1. The summed E-state index contributed by atoms with van der Waals surface area (Å²) >= 11 is 0. The van der Waals surface area contributed by atoms with Gasteiger partial charge in [0, 0.05) is 12.5 Å². The quantitative estimate of drug-likeness (QED) is 0.849. The molecular weight excluding hydrogens is 284 g/mol. The molecule has 1 aliphatic carbocycles. The number of hydrogen-bond donors (Lipinski definition) is 2. The van der Waals surface area contributed by atoms with Gasteiger partial charge in [0.15, 0.2) is 0 Å². The SMILES string of the molecule is CCc1ccc(CCNC(=O)[C@@H]2CCC[C@@H]2CN)cc1.Cl. The highest BCUT2D eigenvalue weighted by Crippen LogP contribution is 2.30. The molecule has 21 heavy (non-hydrogen) atoms. The molecule has 0 saturated heterocycles. The van der Waals surface area contributed by atoms with E-state index in [-0.39, 0.29) is 24.2 Å². The van der Waals surface area contributed by atoms with E-state index in [0.29, 0.717) is 12.5 Å². The molecule has 0 unspecified atom stereocenters. The molecule has 1 amide bonds. The minimum absolute atomic E-state index is 0. The average molecular weight is 311 g/mol. The van der Waals surface area contributed by atoms with Crippen molar-refractivity contribution < 1.29 is 4.79 Å². The van der Waals surface area contributed by atoms with E-state index in [4.69, 9.17) is 5.73 Å². The molecule has 0 aliphatic heterocycles. The third kappa shape index (κ3) is 5.01. The second kappa shape index (κ2) is 9.06. The summed E-state index contributed by atoms with van der Waals surface area (Å²) in [6, 6.07) is 8.64. The Morgan fingerprint density at radius 2 is 1.90 bits per heavy atom. The van der Waals surface area contributed by atoms with Crippen LogP contribution in [0.25, 0.3) is 0 Å². The van der Waals surface area contributed by atoms with Crippen LogP contribution in [-0.4, -0.2) is 19.0 Å². The van der Waals surface area contributed by atoms with Crippen molar-refractivity contribution in [1.82, 2.24) is 5.32 Å². The Hall–Kier alpha value is -1.06. The number of carbonyl (C=O) groups is 1. The van der Waals surface area contributed by atoms with E-state index in [1.165, 1.54) is 11.1 Å². The summed E-state index contributed by atoms with van der Waals surface area (Å²) in [5.41, 5.74) is 8.37. The maximum atomic E-state index is 12.1. The molecule has 1 aromatic carbocycles. The molecule has 3 N–H and O–H groups in total. The van der Waals surface area contributed by atoms with E-state index in [1.807, 2.05) is 0 Å². The van der Waals surface area contributed by atoms with Crippen molar-refractivity contribution in [3.63, 3.8) is 0 Å². The number of aryl methyl sites for hydroxylation is 1. The number of hydrogen-bond acceptors (Lipinski definition) is 2. The van der Waals surface area contributed by atoms with Crippen molar-refractivity contribution in [2.45, 2.75) is 39.0 Å². The van der Waals surface area contributed by atoms with Crippen LogP contribution in [0.1, 0.15) is 37.3 Å². The zero-order valence-corrected chi connectivity index (χ0v) is 13.6. The van der Waals surface area contributed by atoms with Crippen LogP contribution >= 0.6 is 12.4 Å². The number of benzene rings is 1. The topological polar surface area (TPSA) is 55.1 Å². The van der Waals surface area contributed by atoms with Gasteiger partial charge < -0.3 is 11.1 Å². The van der Waals surface area contributed by atoms with Gasteiger partial charge in [-0.05, 0) is 49.3 Å². The molecule has 0 bridgehead atoms. The van der Waals surface area contributed by atoms with E-state index in [0.717, 1.165) is 38.6 Å². The summed E-state index contributed by atoms with van der Waals surface area (Å²) in [5.74, 6) is 0.726. The van der Waals surface area contributed by atoms with Gasteiger partial charge in [-0.2, -0.15) is 0 Å². The molecule has 1 fully saturated rings. The normalized spacial score (nSPS) is 20.9. The van der Waals surface area contributed by atoms with Gasteiger partial charge in [0.2, 0.25) is 5.91 Å². The largest absolute Gasteiger partial charge is 0.356 e. The summed E-state index contributed by atoms with van der Waals surface area (Å²) < 4.78 is 0. The Morgan fingerprint density at radius 1 is 1.24 bits per heavy atom. The zero-order chi connectivity index (χ0) is 14.4. The molecule has 118 valence electrons. The van der Waals surface area contributed by atoms with Gasteiger partial charge >= 0.3 is 0 Å². The lowest BCUT2D eigenvalue weighted by atomic mass is 9.95. The first-order valence-corrected chi connectivity index (χ1v) is 7.80. The van der Waals surface area contributed by atoms with Gasteiger partial charge in [0.25, 0.3) is 0 Å². The predicted molar refractivity (Wildman–Crippen MR) is 89.7 cm³/mol. The first kappa shape index (κ1) is 18.0. The van der Waals surface area contributed by atoms with Crippen LogP contribution in [0.4, 0.5) is 0 Å². The minimum Gasteiger partial charge on any atom is -0.356 e. The number of rotatable bonds is 6. The highest BCUT2D eigenvalue weighted by molar-refractivity contribution is 5.85. The maximum Gasteiger partial charge on any atom is 0.223 e. The smallest absolute Gasteiger partial charge is 0.223 e. The Kier molecular flexibility index (Phi) is 7.76. The van der Waals surface area contributed by atoms with Crippen molar-refractivity contribution in [2.24, 2.45) is 17.6 Å². The highest BCUT2D eigenvalue weighted by Gasteiger charge is 2.31. The summed E-state index contributed by atoms with van der Waals surface area (Å²) in [5, 5.41) is 3.07. The van der Waals surface area contributed by atoms with Crippen LogP contribution in [0, 0.1) is 11.8 Å². The van der Waals surface area contributed by atoms with Crippen molar-refractivity contribution in [1.29, 1.82) is 0 Å². The van der Waals surface area contributed by atoms with Gasteiger partial charge in [0.05, 0.1) is 0 Å². The van der Waals surface area contributed by atoms with Crippen molar-refractivity contribution >= 4 is 18.3 Å². The van der Waals surface area contributed by atoms with Gasteiger partial charge in [0.1, 0.15) is 0 Å². The Bertz CT molecular complexity index is 433. The van der Waals surface area contributed by atoms with E-state index < -0.39 is 0 Å². The fraction of sp³-hybridized carbons (Fsp3) is 0.588. The average Bonchev–Trinajstić information content (AvgIpc) is 2.96. The highest BCUT2D eigenvalue weighted by atomic mass is 35.5. The molecule has 2 atom stereocenters. The van der Waals surface area contributed by atoms with Gasteiger partial charge in [-0.15, -0.1) is 12.4 Å². The third-order valence-electron chi connectivity index (χ3n) is 4.44. The van der Waals surface area contributed by atoms with Crippen molar-refractivity contribution in [3.8, 4) is 0 Å². The van der Waals surface area contributed by atoms with E-state index in [2.05, 4.69) is 36.5 Å². The first-order valence-electron chi connectivity index (χ1n) is 7.80. The van der Waals surface area contributed by atoms with Crippen LogP contribution < -0.4 is 11.1 Å². The van der Waals surface area contributed by atoms with Crippen molar-refractivity contribution in [2.75, 3.05) is 13.1 Å². The van der Waals surface area contributed by atoms with E-state index >= 15 is 0 Å². The second-order valence-corrected chi connectivity index (χ2v) is 5.74. The number of carbonyl (C=O) groups excluding carboxylic acids is 1. The van der Waals surface area contributed by atoms with Gasteiger partial charge in [-0.1, -0.05) is 37.6 Å². The summed E-state index contributed by atoms with van der Waals surface area (Å²) in [6.45, 7) is 3.51. The van der Waals surface area contributed by atoms with Crippen molar-refractivity contribution in [3.05, 3.63) is 35.4 Å². The van der Waals surface area contributed by atoms with Crippen LogP contribution in [0.3, 0.4) is 0 Å². The molecule has 0 aromatic heterocycles. The predicted octanol–water partition coefficient (Wildman–Crippen LogP) is 2.70. The molecular formula is C17H27ClN2O. The van der Waals surface area contributed by atoms with Gasteiger partial charge in [-0.3, -0.25) is 4.79 Å². The maximum absolute atomic E-state index is 12.1.